The van der Waals surface area contributed by atoms with Gasteiger partial charge in [-0.2, -0.15) is 0 Å². The Balaban J connectivity index is 1.98. The average molecular weight is 296 g/mol. The number of aliphatic hydroxyl groups is 1. The Kier molecular flexibility index (Phi) is 4.70. The summed E-state index contributed by atoms with van der Waals surface area (Å²) in [5.41, 5.74) is 2.75. The van der Waals surface area contributed by atoms with Gasteiger partial charge in [0.1, 0.15) is 0 Å². The molecular weight excluding hydrogens is 281 g/mol. The molecule has 0 saturated carbocycles. The lowest BCUT2D eigenvalue weighted by molar-refractivity contribution is 0.191. The zero-order chi connectivity index (χ0) is 13.8. The predicted octanol–water partition coefficient (Wildman–Crippen LogP) is 4.45. The van der Waals surface area contributed by atoms with E-state index in [4.69, 9.17) is 23.2 Å². The number of anilines is 1. The molecule has 0 radical (unpaired) electrons. The average Bonchev–Trinajstić information content (AvgIpc) is 2.40. The molecule has 0 aliphatic carbocycles. The highest BCUT2D eigenvalue weighted by molar-refractivity contribution is 6.31. The predicted molar refractivity (Wildman–Crippen MR) is 81.1 cm³/mol. The molecule has 1 atom stereocenters. The van der Waals surface area contributed by atoms with Crippen molar-refractivity contribution in [3.05, 3.63) is 63.6 Å². The van der Waals surface area contributed by atoms with E-state index in [9.17, 15) is 5.11 Å². The van der Waals surface area contributed by atoms with E-state index < -0.39 is 6.10 Å². The minimum atomic E-state index is -0.586. The summed E-state index contributed by atoms with van der Waals surface area (Å²) in [4.78, 5) is 0. The molecule has 19 heavy (non-hydrogen) atoms. The first kappa shape index (κ1) is 14.2. The van der Waals surface area contributed by atoms with Crippen LogP contribution in [0.1, 0.15) is 17.2 Å². The van der Waals surface area contributed by atoms with E-state index in [0.717, 1.165) is 16.8 Å². The summed E-state index contributed by atoms with van der Waals surface area (Å²) in [7, 11) is 0. The fraction of sp³-hybridized carbons (Fsp3) is 0.200. The number of hydrogen-bond donors (Lipinski definition) is 2. The first-order valence-electron chi connectivity index (χ1n) is 6.00. The number of aliphatic hydroxyl groups excluding tert-OH is 1. The summed E-state index contributed by atoms with van der Waals surface area (Å²) in [6, 6.07) is 12.9. The lowest BCUT2D eigenvalue weighted by Crippen LogP contribution is -2.12. The zero-order valence-electron chi connectivity index (χ0n) is 10.5. The summed E-state index contributed by atoms with van der Waals surface area (Å²) in [6.07, 6.45) is -0.586. The molecule has 0 aliphatic heterocycles. The second-order valence-electron chi connectivity index (χ2n) is 4.41. The summed E-state index contributed by atoms with van der Waals surface area (Å²) < 4.78 is 0. The van der Waals surface area contributed by atoms with E-state index in [-0.39, 0.29) is 0 Å². The van der Waals surface area contributed by atoms with Crippen LogP contribution >= 0.6 is 23.2 Å². The lowest BCUT2D eigenvalue weighted by atomic mass is 10.1. The monoisotopic (exact) mass is 295 g/mol. The maximum absolute atomic E-state index is 10.1. The minimum absolute atomic E-state index is 0.418. The highest BCUT2D eigenvalue weighted by Gasteiger charge is 2.07. The van der Waals surface area contributed by atoms with Crippen molar-refractivity contribution < 1.29 is 5.11 Å². The van der Waals surface area contributed by atoms with E-state index in [1.807, 2.05) is 37.3 Å². The molecule has 2 aromatic rings. The van der Waals surface area contributed by atoms with Gasteiger partial charge in [-0.1, -0.05) is 41.4 Å². The van der Waals surface area contributed by atoms with Gasteiger partial charge in [-0.3, -0.25) is 0 Å². The van der Waals surface area contributed by atoms with Crippen molar-refractivity contribution in [2.75, 3.05) is 11.9 Å². The van der Waals surface area contributed by atoms with Crippen molar-refractivity contribution in [2.24, 2.45) is 0 Å². The number of nitrogens with one attached hydrogen (secondary N) is 1. The van der Waals surface area contributed by atoms with Gasteiger partial charge >= 0.3 is 0 Å². The Morgan fingerprint density at radius 1 is 1.11 bits per heavy atom. The number of hydrogen-bond acceptors (Lipinski definition) is 2. The Labute approximate surface area is 123 Å². The molecular formula is C15H15Cl2NO. The molecule has 0 spiro atoms. The van der Waals surface area contributed by atoms with Gasteiger partial charge in [-0.15, -0.1) is 0 Å². The summed E-state index contributed by atoms with van der Waals surface area (Å²) in [5.74, 6) is 0. The number of benzene rings is 2. The molecule has 0 saturated heterocycles. The van der Waals surface area contributed by atoms with Crippen LogP contribution in [0.5, 0.6) is 0 Å². The van der Waals surface area contributed by atoms with Gasteiger partial charge in [0.2, 0.25) is 0 Å². The SMILES string of the molecule is Cc1ccc(NCC(O)c2ccc(Cl)cc2)cc1Cl. The van der Waals surface area contributed by atoms with Crippen molar-refractivity contribution in [3.63, 3.8) is 0 Å². The summed E-state index contributed by atoms with van der Waals surface area (Å²) in [6.45, 7) is 2.37. The van der Waals surface area contributed by atoms with E-state index in [0.29, 0.717) is 16.6 Å². The van der Waals surface area contributed by atoms with Gasteiger partial charge < -0.3 is 10.4 Å². The third-order valence-corrected chi connectivity index (χ3v) is 3.59. The molecule has 0 amide bonds. The van der Waals surface area contributed by atoms with Gasteiger partial charge in [-0.05, 0) is 42.3 Å². The fourth-order valence-electron chi connectivity index (χ4n) is 1.72. The van der Waals surface area contributed by atoms with Crippen LogP contribution in [0.25, 0.3) is 0 Å². The van der Waals surface area contributed by atoms with Crippen LogP contribution in [-0.2, 0) is 0 Å². The van der Waals surface area contributed by atoms with Crippen LogP contribution in [0.2, 0.25) is 10.0 Å². The summed E-state index contributed by atoms with van der Waals surface area (Å²) in [5, 5.41) is 14.6. The highest BCUT2D eigenvalue weighted by atomic mass is 35.5. The Morgan fingerprint density at radius 3 is 2.42 bits per heavy atom. The van der Waals surface area contributed by atoms with Gasteiger partial charge in [0.15, 0.2) is 0 Å². The third kappa shape index (κ3) is 3.87. The topological polar surface area (TPSA) is 32.3 Å². The van der Waals surface area contributed by atoms with Gasteiger partial charge in [-0.25, -0.2) is 0 Å². The van der Waals surface area contributed by atoms with E-state index >= 15 is 0 Å². The van der Waals surface area contributed by atoms with Gasteiger partial charge in [0.05, 0.1) is 6.10 Å². The van der Waals surface area contributed by atoms with Crippen molar-refractivity contribution >= 4 is 28.9 Å². The second-order valence-corrected chi connectivity index (χ2v) is 5.26. The Morgan fingerprint density at radius 2 is 1.79 bits per heavy atom. The van der Waals surface area contributed by atoms with Crippen LogP contribution in [0.3, 0.4) is 0 Å². The number of halogens is 2. The molecule has 1 unspecified atom stereocenters. The van der Waals surface area contributed by atoms with Crippen molar-refractivity contribution in [2.45, 2.75) is 13.0 Å². The molecule has 100 valence electrons. The minimum Gasteiger partial charge on any atom is -0.387 e. The standard InChI is InChI=1S/C15H15Cl2NO/c1-10-2-7-13(8-14(10)17)18-9-15(19)11-3-5-12(16)6-4-11/h2-8,15,18-19H,9H2,1H3. The molecule has 0 heterocycles. The number of rotatable bonds is 4. The van der Waals surface area contributed by atoms with Gasteiger partial charge in [0.25, 0.3) is 0 Å². The first-order valence-corrected chi connectivity index (χ1v) is 6.75. The molecule has 4 heteroatoms. The molecule has 0 aliphatic rings. The quantitative estimate of drug-likeness (QED) is 0.873. The molecule has 0 fully saturated rings. The van der Waals surface area contributed by atoms with E-state index in [1.54, 1.807) is 12.1 Å². The van der Waals surface area contributed by atoms with E-state index in [1.165, 1.54) is 0 Å². The van der Waals surface area contributed by atoms with Crippen LogP contribution in [0.15, 0.2) is 42.5 Å². The van der Waals surface area contributed by atoms with Crippen molar-refractivity contribution in [3.8, 4) is 0 Å². The largest absolute Gasteiger partial charge is 0.387 e. The molecule has 0 bridgehead atoms. The van der Waals surface area contributed by atoms with Crippen LogP contribution in [0.4, 0.5) is 5.69 Å². The molecule has 0 aromatic heterocycles. The number of aryl methyl sites for hydroxylation is 1. The maximum Gasteiger partial charge on any atom is 0.0962 e. The molecule has 2 rings (SSSR count). The van der Waals surface area contributed by atoms with Gasteiger partial charge in [0, 0.05) is 22.3 Å². The molecule has 2 nitrogen and oxygen atoms in total. The normalized spacial score (nSPS) is 12.2. The third-order valence-electron chi connectivity index (χ3n) is 2.93. The zero-order valence-corrected chi connectivity index (χ0v) is 12.0. The van der Waals surface area contributed by atoms with Crippen molar-refractivity contribution in [1.29, 1.82) is 0 Å². The van der Waals surface area contributed by atoms with Crippen LogP contribution in [0, 0.1) is 6.92 Å². The maximum atomic E-state index is 10.1. The molecule has 2 aromatic carbocycles. The molecule has 2 N–H and O–H groups in total. The van der Waals surface area contributed by atoms with Crippen molar-refractivity contribution in [1.82, 2.24) is 0 Å². The smallest absolute Gasteiger partial charge is 0.0962 e. The highest BCUT2D eigenvalue weighted by Crippen LogP contribution is 2.21. The fourth-order valence-corrected chi connectivity index (χ4v) is 2.03. The Hall–Kier alpha value is -1.22. The summed E-state index contributed by atoms with van der Waals surface area (Å²) >= 11 is 11.9. The lowest BCUT2D eigenvalue weighted by Gasteiger charge is -2.14. The van der Waals surface area contributed by atoms with E-state index in [2.05, 4.69) is 5.32 Å². The second kappa shape index (κ2) is 6.29. The first-order chi connectivity index (χ1) is 9.06. The Bertz CT molecular complexity index is 555. The van der Waals surface area contributed by atoms with Crippen LogP contribution in [-0.4, -0.2) is 11.7 Å². The van der Waals surface area contributed by atoms with Crippen LogP contribution < -0.4 is 5.32 Å².